The largest absolute Gasteiger partial charge is 0.264 e. The predicted octanol–water partition coefficient (Wildman–Crippen LogP) is 4.17. The normalized spacial score (nSPS) is 8.71. The first-order chi connectivity index (χ1) is 10.2. The lowest BCUT2D eigenvalue weighted by atomic mass is 10.2. The van der Waals surface area contributed by atoms with E-state index < -0.39 is 0 Å². The number of benzene rings is 1. The Morgan fingerprint density at radius 2 is 1.24 bits per heavy atom. The summed E-state index contributed by atoms with van der Waals surface area (Å²) in [5.41, 5.74) is 2.53. The third-order valence-electron chi connectivity index (χ3n) is 2.44. The standard InChI is InChI=1S/C7H8.C6H7N.C5H6N2/c1-7-5-3-2-4-6-7;1-6-3-2-4-7-5-6;1-5-6-3-2-4-7-5/h2-6H,1H3;2-5H,1H3;2-4H,1H3. The van der Waals surface area contributed by atoms with E-state index in [0.717, 1.165) is 5.82 Å². The van der Waals surface area contributed by atoms with E-state index in [1.165, 1.54) is 11.1 Å². The van der Waals surface area contributed by atoms with E-state index in [-0.39, 0.29) is 0 Å². The minimum atomic E-state index is 0.822. The molecule has 1 aromatic carbocycles. The van der Waals surface area contributed by atoms with Gasteiger partial charge in [0.25, 0.3) is 0 Å². The highest BCUT2D eigenvalue weighted by atomic mass is 14.8. The van der Waals surface area contributed by atoms with E-state index in [1.54, 1.807) is 24.7 Å². The van der Waals surface area contributed by atoms with Crippen LogP contribution < -0.4 is 0 Å². The zero-order valence-corrected chi connectivity index (χ0v) is 12.8. The molecule has 0 saturated carbocycles. The molecule has 0 unspecified atom stereocenters. The maximum absolute atomic E-state index is 3.88. The van der Waals surface area contributed by atoms with Gasteiger partial charge in [0.1, 0.15) is 5.82 Å². The Kier molecular flexibility index (Phi) is 8.07. The molecule has 0 saturated heterocycles. The van der Waals surface area contributed by atoms with E-state index in [9.17, 15) is 0 Å². The van der Waals surface area contributed by atoms with Gasteiger partial charge in [-0.15, -0.1) is 0 Å². The molecule has 0 spiro atoms. The molecule has 0 aliphatic carbocycles. The van der Waals surface area contributed by atoms with Crippen LogP contribution in [0.1, 0.15) is 17.0 Å². The minimum absolute atomic E-state index is 0.822. The number of nitrogens with zero attached hydrogens (tertiary/aromatic N) is 3. The number of hydrogen-bond donors (Lipinski definition) is 0. The first-order valence-electron chi connectivity index (χ1n) is 6.80. The molecule has 0 aliphatic heterocycles. The third-order valence-corrected chi connectivity index (χ3v) is 2.44. The molecule has 108 valence electrons. The minimum Gasteiger partial charge on any atom is -0.264 e. The molecule has 3 rings (SSSR count). The quantitative estimate of drug-likeness (QED) is 0.620. The summed E-state index contributed by atoms with van der Waals surface area (Å²) < 4.78 is 0. The highest BCUT2D eigenvalue weighted by molar-refractivity contribution is 5.11. The van der Waals surface area contributed by atoms with E-state index in [2.05, 4.69) is 34.0 Å². The van der Waals surface area contributed by atoms with E-state index >= 15 is 0 Å². The lowest BCUT2D eigenvalue weighted by Gasteiger charge is -1.82. The average Bonchev–Trinajstić information content (AvgIpc) is 2.51. The van der Waals surface area contributed by atoms with Crippen molar-refractivity contribution in [3.05, 3.63) is 90.3 Å². The molecular weight excluding hydrogens is 258 g/mol. The Balaban J connectivity index is 0.000000157. The van der Waals surface area contributed by atoms with Gasteiger partial charge in [-0.3, -0.25) is 4.98 Å². The summed E-state index contributed by atoms with van der Waals surface area (Å²) in [6.45, 7) is 5.97. The highest BCUT2D eigenvalue weighted by Gasteiger charge is 1.75. The fourth-order valence-corrected chi connectivity index (χ4v) is 1.36. The Morgan fingerprint density at radius 1 is 0.619 bits per heavy atom. The maximum Gasteiger partial charge on any atom is 0.125 e. The lowest BCUT2D eigenvalue weighted by molar-refractivity contribution is 1.05. The lowest BCUT2D eigenvalue weighted by Crippen LogP contribution is -1.80. The van der Waals surface area contributed by atoms with E-state index in [4.69, 9.17) is 0 Å². The van der Waals surface area contributed by atoms with Crippen LogP contribution in [0.25, 0.3) is 0 Å². The van der Waals surface area contributed by atoms with Gasteiger partial charge in [0.2, 0.25) is 0 Å². The Morgan fingerprint density at radius 3 is 1.52 bits per heavy atom. The molecule has 0 aliphatic rings. The number of hydrogen-bond acceptors (Lipinski definition) is 3. The van der Waals surface area contributed by atoms with Crippen molar-refractivity contribution >= 4 is 0 Å². The molecule has 0 atom stereocenters. The van der Waals surface area contributed by atoms with Crippen LogP contribution in [0.15, 0.2) is 73.3 Å². The van der Waals surface area contributed by atoms with Crippen molar-refractivity contribution in [1.82, 2.24) is 15.0 Å². The summed E-state index contributed by atoms with van der Waals surface area (Å²) in [6.07, 6.45) is 7.05. The van der Waals surface area contributed by atoms with Crippen molar-refractivity contribution < 1.29 is 0 Å². The van der Waals surface area contributed by atoms with Crippen molar-refractivity contribution in [1.29, 1.82) is 0 Å². The molecule has 3 heteroatoms. The van der Waals surface area contributed by atoms with Gasteiger partial charge in [-0.1, -0.05) is 42.0 Å². The number of pyridine rings is 1. The second kappa shape index (κ2) is 10.3. The second-order valence-electron chi connectivity index (χ2n) is 4.48. The number of aryl methyl sites for hydroxylation is 3. The van der Waals surface area contributed by atoms with Crippen molar-refractivity contribution in [3.8, 4) is 0 Å². The molecule has 21 heavy (non-hydrogen) atoms. The van der Waals surface area contributed by atoms with Gasteiger partial charge in [-0.2, -0.15) is 0 Å². The van der Waals surface area contributed by atoms with Crippen molar-refractivity contribution in [2.75, 3.05) is 0 Å². The van der Waals surface area contributed by atoms with Gasteiger partial charge in [0.15, 0.2) is 0 Å². The Bertz CT molecular complexity index is 491. The second-order valence-corrected chi connectivity index (χ2v) is 4.48. The summed E-state index contributed by atoms with van der Waals surface area (Å²) in [5.74, 6) is 0.822. The van der Waals surface area contributed by atoms with Gasteiger partial charge in [-0.25, -0.2) is 9.97 Å². The van der Waals surface area contributed by atoms with Crippen LogP contribution in [0.4, 0.5) is 0 Å². The van der Waals surface area contributed by atoms with Crippen LogP contribution in [0, 0.1) is 20.8 Å². The molecule has 0 radical (unpaired) electrons. The molecule has 0 N–H and O–H groups in total. The SMILES string of the molecule is Cc1ccccc1.Cc1cccnc1.Cc1ncccn1. The first kappa shape index (κ1) is 16.5. The predicted molar refractivity (Wildman–Crippen MR) is 86.9 cm³/mol. The summed E-state index contributed by atoms with van der Waals surface area (Å²) in [7, 11) is 0. The molecule has 0 fully saturated rings. The van der Waals surface area contributed by atoms with Gasteiger partial charge >= 0.3 is 0 Å². The fourth-order valence-electron chi connectivity index (χ4n) is 1.36. The van der Waals surface area contributed by atoms with E-state index in [0.29, 0.717) is 0 Å². The maximum atomic E-state index is 3.88. The number of aromatic nitrogens is 3. The first-order valence-corrected chi connectivity index (χ1v) is 6.80. The van der Waals surface area contributed by atoms with Crippen LogP contribution in [0.5, 0.6) is 0 Å². The van der Waals surface area contributed by atoms with Crippen LogP contribution in [-0.4, -0.2) is 15.0 Å². The molecule has 3 aromatic rings. The summed E-state index contributed by atoms with van der Waals surface area (Å²) in [5, 5.41) is 0. The summed E-state index contributed by atoms with van der Waals surface area (Å²) in [6, 6.07) is 16.0. The molecule has 2 aromatic heterocycles. The van der Waals surface area contributed by atoms with Crippen LogP contribution >= 0.6 is 0 Å². The Hall–Kier alpha value is -2.55. The topological polar surface area (TPSA) is 38.7 Å². The van der Waals surface area contributed by atoms with E-state index in [1.807, 2.05) is 50.4 Å². The third kappa shape index (κ3) is 9.05. The average molecular weight is 279 g/mol. The Labute approximate surface area is 126 Å². The van der Waals surface area contributed by atoms with Gasteiger partial charge < -0.3 is 0 Å². The highest BCUT2D eigenvalue weighted by Crippen LogP contribution is 1.92. The molecule has 2 heterocycles. The van der Waals surface area contributed by atoms with Crippen molar-refractivity contribution in [2.45, 2.75) is 20.8 Å². The smallest absolute Gasteiger partial charge is 0.125 e. The molecule has 3 nitrogen and oxygen atoms in total. The van der Waals surface area contributed by atoms with Crippen molar-refractivity contribution in [3.63, 3.8) is 0 Å². The van der Waals surface area contributed by atoms with Gasteiger partial charge in [0, 0.05) is 24.8 Å². The molecular formula is C18H21N3. The number of rotatable bonds is 0. The zero-order chi connectivity index (χ0) is 15.3. The monoisotopic (exact) mass is 279 g/mol. The zero-order valence-electron chi connectivity index (χ0n) is 12.8. The molecule has 0 amide bonds. The summed E-state index contributed by atoms with van der Waals surface area (Å²) in [4.78, 5) is 11.6. The van der Waals surface area contributed by atoms with Crippen LogP contribution in [0.2, 0.25) is 0 Å². The van der Waals surface area contributed by atoms with Gasteiger partial charge in [-0.05, 0) is 38.5 Å². The van der Waals surface area contributed by atoms with Gasteiger partial charge in [0.05, 0.1) is 0 Å². The molecule has 0 bridgehead atoms. The van der Waals surface area contributed by atoms with Crippen molar-refractivity contribution in [2.24, 2.45) is 0 Å². The van der Waals surface area contributed by atoms with Crippen LogP contribution in [0.3, 0.4) is 0 Å². The summed E-state index contributed by atoms with van der Waals surface area (Å²) >= 11 is 0. The van der Waals surface area contributed by atoms with Crippen LogP contribution in [-0.2, 0) is 0 Å². The fraction of sp³-hybridized carbons (Fsp3) is 0.167.